The zero-order valence-corrected chi connectivity index (χ0v) is 17.4. The highest BCUT2D eigenvalue weighted by Crippen LogP contribution is 2.30. The Kier molecular flexibility index (Phi) is 7.07. The smallest absolute Gasteiger partial charge is 0.221 e. The maximum Gasteiger partial charge on any atom is 0.221 e. The Labute approximate surface area is 173 Å². The third kappa shape index (κ3) is 6.21. The molecule has 0 radical (unpaired) electrons. The lowest BCUT2D eigenvalue weighted by molar-refractivity contribution is -0.121. The third-order valence-corrected chi connectivity index (χ3v) is 4.86. The van der Waals surface area contributed by atoms with E-state index in [0.29, 0.717) is 13.0 Å². The fraction of sp³-hybridized carbons (Fsp3) is 0.269. The van der Waals surface area contributed by atoms with Crippen LogP contribution in [0.2, 0.25) is 0 Å². The van der Waals surface area contributed by atoms with E-state index in [1.54, 1.807) is 0 Å². The van der Waals surface area contributed by atoms with E-state index in [2.05, 4.69) is 48.6 Å². The van der Waals surface area contributed by atoms with Gasteiger partial charge in [-0.2, -0.15) is 0 Å². The number of amides is 1. The molecule has 0 aliphatic carbocycles. The van der Waals surface area contributed by atoms with E-state index < -0.39 is 0 Å². The van der Waals surface area contributed by atoms with Crippen LogP contribution in [-0.2, 0) is 11.3 Å². The Balaban J connectivity index is 1.76. The fourth-order valence-electron chi connectivity index (χ4n) is 3.33. The van der Waals surface area contributed by atoms with E-state index in [1.165, 1.54) is 5.56 Å². The molecule has 1 atom stereocenters. The highest BCUT2D eigenvalue weighted by molar-refractivity contribution is 5.77. The molecule has 0 bridgehead atoms. The summed E-state index contributed by atoms with van der Waals surface area (Å²) < 4.78 is 5.76. The number of rotatable bonds is 8. The average Bonchev–Trinajstić information content (AvgIpc) is 2.72. The van der Waals surface area contributed by atoms with Gasteiger partial charge in [-0.15, -0.1) is 0 Å². The maximum absolute atomic E-state index is 12.7. The van der Waals surface area contributed by atoms with Crippen molar-refractivity contribution in [1.82, 2.24) is 5.32 Å². The van der Waals surface area contributed by atoms with Gasteiger partial charge >= 0.3 is 0 Å². The molecule has 3 heteroatoms. The monoisotopic (exact) mass is 387 g/mol. The van der Waals surface area contributed by atoms with Crippen LogP contribution in [0, 0.1) is 6.92 Å². The fourth-order valence-corrected chi connectivity index (χ4v) is 3.33. The average molecular weight is 388 g/mol. The second-order valence-electron chi connectivity index (χ2n) is 7.67. The van der Waals surface area contributed by atoms with Crippen molar-refractivity contribution in [1.29, 1.82) is 0 Å². The van der Waals surface area contributed by atoms with Crippen LogP contribution in [0.3, 0.4) is 0 Å². The van der Waals surface area contributed by atoms with Crippen molar-refractivity contribution in [3.05, 3.63) is 101 Å². The van der Waals surface area contributed by atoms with Gasteiger partial charge in [0.25, 0.3) is 0 Å². The van der Waals surface area contributed by atoms with Crippen LogP contribution >= 0.6 is 0 Å². The summed E-state index contributed by atoms with van der Waals surface area (Å²) in [7, 11) is 0. The summed E-state index contributed by atoms with van der Waals surface area (Å²) in [6, 6.07) is 26.5. The lowest BCUT2D eigenvalue weighted by Crippen LogP contribution is -2.25. The first-order valence-electron chi connectivity index (χ1n) is 10.1. The van der Waals surface area contributed by atoms with E-state index in [1.807, 2.05) is 56.3 Å². The van der Waals surface area contributed by atoms with Crippen molar-refractivity contribution in [3.63, 3.8) is 0 Å². The van der Waals surface area contributed by atoms with E-state index in [4.69, 9.17) is 4.74 Å². The lowest BCUT2D eigenvalue weighted by Gasteiger charge is -2.19. The Morgan fingerprint density at radius 1 is 0.862 bits per heavy atom. The number of nitrogens with one attached hydrogen (secondary N) is 1. The van der Waals surface area contributed by atoms with Gasteiger partial charge in [0, 0.05) is 18.9 Å². The van der Waals surface area contributed by atoms with E-state index in [0.717, 1.165) is 22.4 Å². The zero-order valence-electron chi connectivity index (χ0n) is 17.4. The predicted octanol–water partition coefficient (Wildman–Crippen LogP) is 5.62. The van der Waals surface area contributed by atoms with Crippen LogP contribution in [0.1, 0.15) is 48.4 Å². The van der Waals surface area contributed by atoms with Crippen LogP contribution in [0.25, 0.3) is 0 Å². The van der Waals surface area contributed by atoms with E-state index >= 15 is 0 Å². The minimum absolute atomic E-state index is 0.000488. The summed E-state index contributed by atoms with van der Waals surface area (Å²) in [5, 5.41) is 3.05. The Bertz CT molecular complexity index is 900. The van der Waals surface area contributed by atoms with E-state index in [-0.39, 0.29) is 17.9 Å². The number of carbonyl (C=O) groups is 1. The Hall–Kier alpha value is -3.07. The molecule has 0 aromatic heterocycles. The first-order valence-corrected chi connectivity index (χ1v) is 10.1. The minimum atomic E-state index is -0.000488. The van der Waals surface area contributed by atoms with Gasteiger partial charge in [0.2, 0.25) is 5.91 Å². The summed E-state index contributed by atoms with van der Waals surface area (Å²) in [4.78, 5) is 12.7. The van der Waals surface area contributed by atoms with Gasteiger partial charge in [0.05, 0.1) is 6.10 Å². The molecule has 0 aliphatic rings. The molecule has 0 saturated heterocycles. The highest BCUT2D eigenvalue weighted by atomic mass is 16.5. The largest absolute Gasteiger partial charge is 0.491 e. The lowest BCUT2D eigenvalue weighted by atomic mass is 9.88. The van der Waals surface area contributed by atoms with Gasteiger partial charge in [-0.25, -0.2) is 0 Å². The standard InChI is InChI=1S/C26H29NO2/c1-19(2)29-24-15-13-23(14-16-24)25(22-11-9-20(3)10-12-22)17-26(28)27-18-21-7-5-4-6-8-21/h4-16,19,25H,17-18H2,1-3H3,(H,27,28)/t25-/m1/s1. The normalized spacial score (nSPS) is 11.9. The first kappa shape index (κ1) is 20.7. The van der Waals surface area contributed by atoms with Gasteiger partial charge in [0.15, 0.2) is 0 Å². The molecule has 0 fully saturated rings. The van der Waals surface area contributed by atoms with Crippen molar-refractivity contribution >= 4 is 5.91 Å². The summed E-state index contributed by atoms with van der Waals surface area (Å²) in [6.45, 7) is 6.64. The van der Waals surface area contributed by atoms with E-state index in [9.17, 15) is 4.79 Å². The van der Waals surface area contributed by atoms with Gasteiger partial charge in [-0.3, -0.25) is 4.79 Å². The number of carbonyl (C=O) groups excluding carboxylic acids is 1. The molecule has 1 amide bonds. The van der Waals surface area contributed by atoms with Gasteiger partial charge in [-0.05, 0) is 49.6 Å². The number of hydrogen-bond acceptors (Lipinski definition) is 2. The van der Waals surface area contributed by atoms with Crippen LogP contribution in [0.5, 0.6) is 5.75 Å². The molecular formula is C26H29NO2. The minimum Gasteiger partial charge on any atom is -0.491 e. The second-order valence-corrected chi connectivity index (χ2v) is 7.67. The number of aryl methyl sites for hydroxylation is 1. The van der Waals surface area contributed by atoms with Gasteiger partial charge in [-0.1, -0.05) is 72.3 Å². The Morgan fingerprint density at radius 3 is 2.03 bits per heavy atom. The van der Waals surface area contributed by atoms with Crippen LogP contribution in [0.4, 0.5) is 0 Å². The molecule has 3 rings (SSSR count). The van der Waals surface area contributed by atoms with Crippen LogP contribution in [0.15, 0.2) is 78.9 Å². The molecule has 1 N–H and O–H groups in total. The number of hydrogen-bond donors (Lipinski definition) is 1. The predicted molar refractivity (Wildman–Crippen MR) is 118 cm³/mol. The van der Waals surface area contributed by atoms with Gasteiger partial charge < -0.3 is 10.1 Å². The molecule has 150 valence electrons. The molecule has 0 heterocycles. The quantitative estimate of drug-likeness (QED) is 0.545. The second kappa shape index (κ2) is 9.92. The van der Waals surface area contributed by atoms with Crippen LogP contribution in [-0.4, -0.2) is 12.0 Å². The van der Waals surface area contributed by atoms with Crippen molar-refractivity contribution < 1.29 is 9.53 Å². The van der Waals surface area contributed by atoms with Crippen molar-refractivity contribution in [3.8, 4) is 5.75 Å². The number of ether oxygens (including phenoxy) is 1. The topological polar surface area (TPSA) is 38.3 Å². The summed E-state index contributed by atoms with van der Waals surface area (Å²) in [5.74, 6) is 0.890. The number of benzene rings is 3. The molecule has 3 aromatic rings. The summed E-state index contributed by atoms with van der Waals surface area (Å²) >= 11 is 0. The summed E-state index contributed by atoms with van der Waals surface area (Å²) in [5.41, 5.74) is 4.56. The molecule has 0 saturated carbocycles. The third-order valence-electron chi connectivity index (χ3n) is 4.86. The molecule has 0 unspecified atom stereocenters. The first-order chi connectivity index (χ1) is 14.0. The molecular weight excluding hydrogens is 358 g/mol. The SMILES string of the molecule is Cc1ccc([C@@H](CC(=O)NCc2ccccc2)c2ccc(OC(C)C)cc2)cc1. The van der Waals surface area contributed by atoms with Gasteiger partial charge in [0.1, 0.15) is 5.75 Å². The zero-order chi connectivity index (χ0) is 20.6. The van der Waals surface area contributed by atoms with Crippen molar-refractivity contribution in [2.45, 2.75) is 45.8 Å². The van der Waals surface area contributed by atoms with Crippen molar-refractivity contribution in [2.75, 3.05) is 0 Å². The molecule has 0 spiro atoms. The molecule has 3 nitrogen and oxygen atoms in total. The molecule has 0 aliphatic heterocycles. The van der Waals surface area contributed by atoms with Crippen LogP contribution < -0.4 is 10.1 Å². The molecule has 3 aromatic carbocycles. The maximum atomic E-state index is 12.7. The molecule has 29 heavy (non-hydrogen) atoms. The van der Waals surface area contributed by atoms with Crippen molar-refractivity contribution in [2.24, 2.45) is 0 Å². The summed E-state index contributed by atoms with van der Waals surface area (Å²) in [6.07, 6.45) is 0.540. The highest BCUT2D eigenvalue weighted by Gasteiger charge is 2.18. The Morgan fingerprint density at radius 2 is 1.45 bits per heavy atom.